The number of hydrogen-bond donors (Lipinski definition) is 1. The maximum Gasteiger partial charge on any atom is 0.0700 e. The average Bonchev–Trinajstić information content (AvgIpc) is 2.88. The first kappa shape index (κ1) is 11.0. The van der Waals surface area contributed by atoms with Crippen LogP contribution < -0.4 is 0 Å². The lowest BCUT2D eigenvalue weighted by atomic mass is 10.1. The average molecular weight is 188 g/mol. The molecule has 13 heavy (non-hydrogen) atoms. The molecule has 1 atom stereocenters. The zero-order valence-electron chi connectivity index (χ0n) is 8.37. The Morgan fingerprint density at radius 1 is 1.31 bits per heavy atom. The third kappa shape index (κ3) is 6.02. The van der Waals surface area contributed by atoms with E-state index < -0.39 is 0 Å². The molecule has 0 saturated heterocycles. The molecule has 1 aliphatic rings. The van der Waals surface area contributed by atoms with Crippen molar-refractivity contribution in [2.75, 3.05) is 26.9 Å². The van der Waals surface area contributed by atoms with Crippen LogP contribution in [0.5, 0.6) is 0 Å². The highest BCUT2D eigenvalue weighted by Gasteiger charge is 2.24. The predicted octanol–water partition coefficient (Wildman–Crippen LogP) is 1.20. The maximum absolute atomic E-state index is 9.50. The normalized spacial score (nSPS) is 18.9. The minimum absolute atomic E-state index is 0.157. The molecule has 78 valence electrons. The fourth-order valence-corrected chi connectivity index (χ4v) is 1.32. The smallest absolute Gasteiger partial charge is 0.0700 e. The third-order valence-electron chi connectivity index (χ3n) is 2.33. The van der Waals surface area contributed by atoms with Crippen LogP contribution in [-0.4, -0.2) is 38.1 Å². The Morgan fingerprint density at radius 2 is 2.08 bits per heavy atom. The van der Waals surface area contributed by atoms with Crippen LogP contribution in [0.25, 0.3) is 0 Å². The van der Waals surface area contributed by atoms with Gasteiger partial charge in [-0.3, -0.25) is 0 Å². The Labute approximate surface area is 80.0 Å². The van der Waals surface area contributed by atoms with E-state index in [1.165, 1.54) is 12.8 Å². The zero-order chi connectivity index (χ0) is 9.52. The Hall–Kier alpha value is -0.120. The second-order valence-corrected chi connectivity index (χ2v) is 3.73. The van der Waals surface area contributed by atoms with Crippen LogP contribution in [0.1, 0.15) is 25.7 Å². The van der Waals surface area contributed by atoms with Crippen molar-refractivity contribution in [1.29, 1.82) is 0 Å². The summed E-state index contributed by atoms with van der Waals surface area (Å²) in [7, 11) is 1.66. The van der Waals surface area contributed by atoms with E-state index in [0.717, 1.165) is 18.8 Å². The van der Waals surface area contributed by atoms with Gasteiger partial charge in [0.05, 0.1) is 19.3 Å². The van der Waals surface area contributed by atoms with Gasteiger partial charge in [0.2, 0.25) is 0 Å². The SMILES string of the molecule is COCCOCCC(O)CC1CC1. The summed E-state index contributed by atoms with van der Waals surface area (Å²) in [5, 5.41) is 9.50. The maximum atomic E-state index is 9.50. The molecule has 1 fully saturated rings. The Kier molecular flexibility index (Phi) is 5.35. The Morgan fingerprint density at radius 3 is 2.69 bits per heavy atom. The summed E-state index contributed by atoms with van der Waals surface area (Å²) in [6, 6.07) is 0. The lowest BCUT2D eigenvalue weighted by Crippen LogP contribution is -2.12. The molecule has 0 bridgehead atoms. The van der Waals surface area contributed by atoms with Crippen molar-refractivity contribution < 1.29 is 14.6 Å². The fraction of sp³-hybridized carbons (Fsp3) is 1.00. The van der Waals surface area contributed by atoms with Gasteiger partial charge in [-0.25, -0.2) is 0 Å². The van der Waals surface area contributed by atoms with E-state index in [-0.39, 0.29) is 6.10 Å². The molecule has 1 saturated carbocycles. The number of aliphatic hydroxyl groups is 1. The second kappa shape index (κ2) is 6.35. The molecule has 3 nitrogen and oxygen atoms in total. The standard InChI is InChI=1S/C10H20O3/c1-12-6-7-13-5-4-10(11)8-9-2-3-9/h9-11H,2-8H2,1H3. The summed E-state index contributed by atoms with van der Waals surface area (Å²) < 4.78 is 10.1. The van der Waals surface area contributed by atoms with Crippen LogP contribution in [-0.2, 0) is 9.47 Å². The minimum atomic E-state index is -0.157. The molecule has 0 spiro atoms. The molecule has 0 aliphatic heterocycles. The summed E-state index contributed by atoms with van der Waals surface area (Å²) in [4.78, 5) is 0. The first-order chi connectivity index (χ1) is 6.33. The predicted molar refractivity (Wildman–Crippen MR) is 50.7 cm³/mol. The molecular weight excluding hydrogens is 168 g/mol. The molecule has 0 aromatic carbocycles. The number of rotatable bonds is 8. The van der Waals surface area contributed by atoms with Gasteiger partial charge in [-0.05, 0) is 18.8 Å². The van der Waals surface area contributed by atoms with Crippen LogP contribution in [0.15, 0.2) is 0 Å². The number of hydrogen-bond acceptors (Lipinski definition) is 3. The summed E-state index contributed by atoms with van der Waals surface area (Å²) in [6.07, 6.45) is 4.19. The highest BCUT2D eigenvalue weighted by molar-refractivity contribution is 4.76. The molecule has 0 radical (unpaired) electrons. The molecule has 1 aliphatic carbocycles. The minimum Gasteiger partial charge on any atom is -0.393 e. The van der Waals surface area contributed by atoms with Gasteiger partial charge in [-0.1, -0.05) is 12.8 Å². The molecule has 0 heterocycles. The van der Waals surface area contributed by atoms with Crippen LogP contribution in [0.3, 0.4) is 0 Å². The molecule has 0 aromatic heterocycles. The largest absolute Gasteiger partial charge is 0.393 e. The lowest BCUT2D eigenvalue weighted by molar-refractivity contribution is 0.0448. The van der Waals surface area contributed by atoms with Crippen LogP contribution >= 0.6 is 0 Å². The molecule has 0 aromatic rings. The lowest BCUT2D eigenvalue weighted by Gasteiger charge is -2.09. The van der Waals surface area contributed by atoms with Crippen molar-refractivity contribution in [3.05, 3.63) is 0 Å². The van der Waals surface area contributed by atoms with Gasteiger partial charge in [0, 0.05) is 13.7 Å². The molecular formula is C10H20O3. The number of ether oxygens (including phenoxy) is 2. The van der Waals surface area contributed by atoms with Crippen LogP contribution in [0, 0.1) is 5.92 Å². The zero-order valence-corrected chi connectivity index (χ0v) is 8.37. The van der Waals surface area contributed by atoms with Gasteiger partial charge >= 0.3 is 0 Å². The molecule has 3 heteroatoms. The van der Waals surface area contributed by atoms with Gasteiger partial charge in [0.15, 0.2) is 0 Å². The Balaban J connectivity index is 1.80. The topological polar surface area (TPSA) is 38.7 Å². The Bertz CT molecular complexity index is 123. The van der Waals surface area contributed by atoms with Gasteiger partial charge < -0.3 is 14.6 Å². The summed E-state index contributed by atoms with van der Waals surface area (Å²) in [6.45, 7) is 1.92. The van der Waals surface area contributed by atoms with E-state index in [9.17, 15) is 5.11 Å². The van der Waals surface area contributed by atoms with E-state index >= 15 is 0 Å². The second-order valence-electron chi connectivity index (χ2n) is 3.73. The van der Waals surface area contributed by atoms with Crippen molar-refractivity contribution in [3.8, 4) is 0 Å². The van der Waals surface area contributed by atoms with E-state index in [1.807, 2.05) is 0 Å². The van der Waals surface area contributed by atoms with Gasteiger partial charge in [0.1, 0.15) is 0 Å². The van der Waals surface area contributed by atoms with Crippen molar-refractivity contribution in [3.63, 3.8) is 0 Å². The van der Waals surface area contributed by atoms with E-state index in [1.54, 1.807) is 7.11 Å². The van der Waals surface area contributed by atoms with Crippen molar-refractivity contribution in [1.82, 2.24) is 0 Å². The van der Waals surface area contributed by atoms with E-state index in [2.05, 4.69) is 0 Å². The van der Waals surface area contributed by atoms with Crippen molar-refractivity contribution in [2.24, 2.45) is 5.92 Å². The fourth-order valence-electron chi connectivity index (χ4n) is 1.32. The van der Waals surface area contributed by atoms with E-state index in [0.29, 0.717) is 19.8 Å². The monoisotopic (exact) mass is 188 g/mol. The summed E-state index contributed by atoms with van der Waals surface area (Å²) >= 11 is 0. The quantitative estimate of drug-likeness (QED) is 0.582. The van der Waals surface area contributed by atoms with Crippen LogP contribution in [0.2, 0.25) is 0 Å². The summed E-state index contributed by atoms with van der Waals surface area (Å²) in [5.41, 5.74) is 0. The molecule has 1 N–H and O–H groups in total. The first-order valence-corrected chi connectivity index (χ1v) is 5.07. The van der Waals surface area contributed by atoms with Crippen molar-refractivity contribution >= 4 is 0 Å². The van der Waals surface area contributed by atoms with Crippen molar-refractivity contribution in [2.45, 2.75) is 31.8 Å². The van der Waals surface area contributed by atoms with E-state index in [4.69, 9.17) is 9.47 Å². The molecule has 1 rings (SSSR count). The van der Waals surface area contributed by atoms with Crippen LogP contribution in [0.4, 0.5) is 0 Å². The van der Waals surface area contributed by atoms with Gasteiger partial charge in [0.25, 0.3) is 0 Å². The summed E-state index contributed by atoms with van der Waals surface area (Å²) in [5.74, 6) is 0.800. The first-order valence-electron chi connectivity index (χ1n) is 5.07. The highest BCUT2D eigenvalue weighted by Crippen LogP contribution is 2.33. The van der Waals surface area contributed by atoms with Gasteiger partial charge in [-0.15, -0.1) is 0 Å². The molecule has 0 amide bonds. The molecule has 1 unspecified atom stereocenters. The number of aliphatic hydroxyl groups excluding tert-OH is 1. The van der Waals surface area contributed by atoms with Gasteiger partial charge in [-0.2, -0.15) is 0 Å². The highest BCUT2D eigenvalue weighted by atomic mass is 16.5. The number of methoxy groups -OCH3 is 1. The third-order valence-corrected chi connectivity index (χ3v) is 2.33.